The number of carboxylic acid groups (broad SMARTS) is 1. The lowest BCUT2D eigenvalue weighted by atomic mass is 10.0. The molecule has 0 radical (unpaired) electrons. The fraction of sp³-hybridized carbons (Fsp3) is 0.0877. The van der Waals surface area contributed by atoms with Crippen molar-refractivity contribution in [2.45, 2.75) is 12.5 Å². The summed E-state index contributed by atoms with van der Waals surface area (Å²) < 4.78 is 17.1. The standard InChI is InChI=1S/C57H45N5O7/c1-67-40-10-4-7-36(30-40)53-45-23-21-43(58-45)52(34-15-17-35(18-16-34)56(64)62-51(57(65)66)29-33-13-19-39(63)20-14-33)44-22-24-46(59-44)54(37-8-5-11-41(31-37)68-2)48-26-28-50(61-48)55(49-27-25-47(53)60-49)38-9-6-12-42(32-38)69-3/h4-28,30-32,51,58,61,63H,29H2,1-3H3,(H,62,64)(H,65,66)/t51-/m0/s1. The first-order valence-electron chi connectivity index (χ1n) is 22.2. The van der Waals surface area contributed by atoms with E-state index in [-0.39, 0.29) is 17.7 Å². The molecule has 3 aromatic heterocycles. The van der Waals surface area contributed by atoms with Gasteiger partial charge in [-0.1, -0.05) is 60.7 Å². The zero-order valence-electron chi connectivity index (χ0n) is 37.8. The number of fused-ring (bicyclic) bond motifs is 8. The molecule has 10 rings (SSSR count). The summed E-state index contributed by atoms with van der Waals surface area (Å²) in [5.74, 6) is 0.442. The van der Waals surface area contributed by atoms with Gasteiger partial charge in [0, 0.05) is 56.3 Å². The highest BCUT2D eigenvalue weighted by Gasteiger charge is 2.23. The number of carboxylic acids is 1. The average molecular weight is 912 g/mol. The van der Waals surface area contributed by atoms with Gasteiger partial charge in [0.15, 0.2) is 0 Å². The molecule has 69 heavy (non-hydrogen) atoms. The minimum absolute atomic E-state index is 0.0358. The average Bonchev–Trinajstić information content (AvgIpc) is 4.23. The Bertz CT molecular complexity index is 3490. The van der Waals surface area contributed by atoms with Crippen LogP contribution < -0.4 is 19.5 Å². The van der Waals surface area contributed by atoms with Crippen molar-refractivity contribution in [3.63, 3.8) is 0 Å². The minimum atomic E-state index is -1.20. The van der Waals surface area contributed by atoms with Crippen LogP contribution in [0.3, 0.4) is 0 Å². The van der Waals surface area contributed by atoms with Crippen molar-refractivity contribution in [1.82, 2.24) is 25.3 Å². The molecule has 8 aromatic rings. The number of rotatable bonds is 12. The van der Waals surface area contributed by atoms with Crippen LogP contribution in [0.1, 0.15) is 38.7 Å². The Morgan fingerprint density at radius 3 is 1.29 bits per heavy atom. The van der Waals surface area contributed by atoms with Gasteiger partial charge in [-0.3, -0.25) is 4.79 Å². The normalized spacial score (nSPS) is 12.1. The number of phenolic OH excluding ortho intramolecular Hbond substituents is 1. The first-order chi connectivity index (χ1) is 33.7. The van der Waals surface area contributed by atoms with E-state index >= 15 is 0 Å². The van der Waals surface area contributed by atoms with Gasteiger partial charge >= 0.3 is 5.97 Å². The second kappa shape index (κ2) is 18.6. The van der Waals surface area contributed by atoms with Crippen molar-refractivity contribution in [2.24, 2.45) is 0 Å². The van der Waals surface area contributed by atoms with Gasteiger partial charge in [0.25, 0.3) is 5.91 Å². The Morgan fingerprint density at radius 2 is 0.913 bits per heavy atom. The molecule has 5 heterocycles. The van der Waals surface area contributed by atoms with Crippen molar-refractivity contribution in [3.8, 4) is 67.5 Å². The number of phenols is 1. The highest BCUT2D eigenvalue weighted by molar-refractivity contribution is 6.01. The maximum atomic E-state index is 13.6. The fourth-order valence-corrected chi connectivity index (χ4v) is 8.85. The van der Waals surface area contributed by atoms with E-state index in [1.54, 1.807) is 45.6 Å². The van der Waals surface area contributed by atoms with Crippen molar-refractivity contribution >= 4 is 58.2 Å². The van der Waals surface area contributed by atoms with Crippen molar-refractivity contribution < 1.29 is 34.0 Å². The maximum Gasteiger partial charge on any atom is 0.326 e. The molecule has 0 saturated heterocycles. The predicted octanol–water partition coefficient (Wildman–Crippen LogP) is 11.5. The smallest absolute Gasteiger partial charge is 0.326 e. The number of aromatic hydroxyl groups is 1. The highest BCUT2D eigenvalue weighted by atomic mass is 16.5. The molecule has 1 amide bonds. The Morgan fingerprint density at radius 1 is 0.522 bits per heavy atom. The molecular formula is C57H45N5O7. The number of H-pyrrole nitrogens is 2. The van der Waals surface area contributed by atoms with E-state index in [0.717, 1.165) is 78.0 Å². The van der Waals surface area contributed by atoms with E-state index in [1.165, 1.54) is 12.1 Å². The zero-order chi connectivity index (χ0) is 47.6. The largest absolute Gasteiger partial charge is 0.508 e. The van der Waals surface area contributed by atoms with Crippen LogP contribution in [0.4, 0.5) is 0 Å². The van der Waals surface area contributed by atoms with E-state index in [1.807, 2.05) is 115 Å². The summed E-state index contributed by atoms with van der Waals surface area (Å²) in [6, 6.07) is 43.9. The second-order valence-electron chi connectivity index (χ2n) is 16.5. The molecule has 5 N–H and O–H groups in total. The van der Waals surface area contributed by atoms with E-state index in [2.05, 4.69) is 33.5 Å². The molecule has 340 valence electrons. The number of amides is 1. The molecule has 2 aliphatic rings. The summed E-state index contributed by atoms with van der Waals surface area (Å²) in [6.07, 6.45) is 8.08. The molecule has 0 unspecified atom stereocenters. The van der Waals surface area contributed by atoms with Gasteiger partial charge in [0.05, 0.1) is 44.1 Å². The number of methoxy groups -OCH3 is 3. The Balaban J connectivity index is 1.22. The van der Waals surface area contributed by atoms with E-state index < -0.39 is 17.9 Å². The Kier molecular flexibility index (Phi) is 11.8. The summed E-state index contributed by atoms with van der Waals surface area (Å²) in [5.41, 5.74) is 13.7. The Hall–Kier alpha value is -9.16. The number of nitrogens with one attached hydrogen (secondary N) is 3. The minimum Gasteiger partial charge on any atom is -0.508 e. The molecule has 12 heteroatoms. The van der Waals surface area contributed by atoms with Gasteiger partial charge in [-0.2, -0.15) is 0 Å². The van der Waals surface area contributed by atoms with Crippen LogP contribution in [0.2, 0.25) is 0 Å². The quantitative estimate of drug-likeness (QED) is 0.0800. The monoisotopic (exact) mass is 911 g/mol. The number of ether oxygens (including phenoxy) is 3. The molecule has 1 atom stereocenters. The summed E-state index contributed by atoms with van der Waals surface area (Å²) in [7, 11) is 4.94. The van der Waals surface area contributed by atoms with Gasteiger partial charge < -0.3 is 39.7 Å². The van der Waals surface area contributed by atoms with Gasteiger partial charge in [0.1, 0.15) is 29.0 Å². The summed E-state index contributed by atoms with van der Waals surface area (Å²) in [6.45, 7) is 0. The SMILES string of the molecule is COc1cccc(-c2c3nc(c(-c4cccc(OC)c4)c4ccc([nH]4)c(-c4cccc(OC)c4)c4nc(c(-c5ccc(C(=O)N[C@@H](Cc6ccc(O)cc6)C(=O)O)cc5)c5ccc2[nH]5)C=C4)C=C3)c1. The molecule has 0 aliphatic carbocycles. The van der Waals surface area contributed by atoms with Gasteiger partial charge in [-0.05, 0) is 137 Å². The topological polar surface area (TPSA) is 172 Å². The number of aliphatic carboxylic acids is 1. The van der Waals surface area contributed by atoms with Gasteiger partial charge in [0.2, 0.25) is 0 Å². The van der Waals surface area contributed by atoms with Crippen LogP contribution in [-0.2, 0) is 11.2 Å². The van der Waals surface area contributed by atoms with Crippen LogP contribution in [0, 0.1) is 0 Å². The molecule has 0 spiro atoms. The molecule has 0 fully saturated rings. The van der Waals surface area contributed by atoms with Crippen LogP contribution in [-0.4, -0.2) is 69.4 Å². The van der Waals surface area contributed by atoms with Crippen molar-refractivity contribution in [2.75, 3.05) is 21.3 Å². The van der Waals surface area contributed by atoms with Gasteiger partial charge in [-0.25, -0.2) is 14.8 Å². The van der Waals surface area contributed by atoms with Crippen LogP contribution in [0.15, 0.2) is 146 Å². The molecule has 2 aliphatic heterocycles. The zero-order valence-corrected chi connectivity index (χ0v) is 37.8. The lowest BCUT2D eigenvalue weighted by Crippen LogP contribution is -2.42. The maximum absolute atomic E-state index is 13.6. The first kappa shape index (κ1) is 43.7. The molecular weight excluding hydrogens is 867 g/mol. The third kappa shape index (κ3) is 8.82. The number of hydrogen-bond acceptors (Lipinski definition) is 8. The van der Waals surface area contributed by atoms with Crippen molar-refractivity contribution in [3.05, 3.63) is 179 Å². The third-order valence-corrected chi connectivity index (χ3v) is 12.2. The molecule has 8 bridgehead atoms. The van der Waals surface area contributed by atoms with Crippen LogP contribution in [0.25, 0.3) is 90.9 Å². The number of nitrogens with zero attached hydrogens (tertiary/aromatic N) is 2. The van der Waals surface area contributed by atoms with Crippen molar-refractivity contribution in [1.29, 1.82) is 0 Å². The van der Waals surface area contributed by atoms with Crippen LogP contribution in [0.5, 0.6) is 23.0 Å². The fourth-order valence-electron chi connectivity index (χ4n) is 8.85. The lowest BCUT2D eigenvalue weighted by Gasteiger charge is -2.15. The predicted molar refractivity (Wildman–Crippen MR) is 271 cm³/mol. The number of aromatic nitrogens is 4. The van der Waals surface area contributed by atoms with E-state index in [0.29, 0.717) is 34.2 Å². The van der Waals surface area contributed by atoms with Gasteiger partial charge in [-0.15, -0.1) is 0 Å². The number of benzene rings is 5. The first-order valence-corrected chi connectivity index (χ1v) is 22.2. The number of aromatic amines is 2. The van der Waals surface area contributed by atoms with Crippen LogP contribution >= 0.6 is 0 Å². The lowest BCUT2D eigenvalue weighted by molar-refractivity contribution is -0.139. The Labute approximate surface area is 396 Å². The number of carbonyl (C=O) groups is 2. The summed E-state index contributed by atoms with van der Waals surface area (Å²) in [5, 5.41) is 22.4. The highest BCUT2D eigenvalue weighted by Crippen LogP contribution is 2.40. The molecule has 0 saturated carbocycles. The number of carbonyl (C=O) groups excluding carboxylic acids is 1. The number of hydrogen-bond donors (Lipinski definition) is 5. The summed E-state index contributed by atoms with van der Waals surface area (Å²) >= 11 is 0. The van der Waals surface area contributed by atoms with E-state index in [4.69, 9.17) is 24.2 Å². The second-order valence-corrected chi connectivity index (χ2v) is 16.5. The third-order valence-electron chi connectivity index (χ3n) is 12.2. The summed E-state index contributed by atoms with van der Waals surface area (Å²) in [4.78, 5) is 44.2. The molecule has 5 aromatic carbocycles. The molecule has 12 nitrogen and oxygen atoms in total. The van der Waals surface area contributed by atoms with E-state index in [9.17, 15) is 19.8 Å².